The van der Waals surface area contributed by atoms with E-state index in [1.54, 1.807) is 0 Å². The predicted octanol–water partition coefficient (Wildman–Crippen LogP) is 6.82. The van der Waals surface area contributed by atoms with Crippen LogP contribution in [0.1, 0.15) is 74.7 Å². The molecule has 1 rings (SSSR count). The topological polar surface area (TPSA) is 0 Å². The maximum absolute atomic E-state index is 4.35. The lowest BCUT2D eigenvalue weighted by atomic mass is 9.57. The van der Waals surface area contributed by atoms with Crippen LogP contribution in [0.25, 0.3) is 0 Å². The number of rotatable bonds is 6. The monoisotopic (exact) mass is 292 g/mol. The third kappa shape index (κ3) is 4.14. The van der Waals surface area contributed by atoms with Crippen molar-refractivity contribution in [1.82, 2.24) is 0 Å². The molecule has 1 saturated carbocycles. The van der Waals surface area contributed by atoms with Crippen LogP contribution in [0.4, 0.5) is 0 Å². The normalized spacial score (nSPS) is 36.5. The van der Waals surface area contributed by atoms with E-state index >= 15 is 0 Å². The van der Waals surface area contributed by atoms with Crippen LogP contribution in [0.3, 0.4) is 0 Å². The van der Waals surface area contributed by atoms with Gasteiger partial charge in [0.05, 0.1) is 0 Å². The van der Waals surface area contributed by atoms with E-state index in [9.17, 15) is 0 Å². The van der Waals surface area contributed by atoms with Gasteiger partial charge < -0.3 is 0 Å². The highest BCUT2D eigenvalue weighted by Crippen LogP contribution is 2.49. The zero-order chi connectivity index (χ0) is 16.3. The summed E-state index contributed by atoms with van der Waals surface area (Å²) in [5.41, 5.74) is 1.41. The minimum atomic E-state index is 0.699. The van der Waals surface area contributed by atoms with Crippen molar-refractivity contribution in [3.63, 3.8) is 0 Å². The lowest BCUT2D eigenvalue weighted by Gasteiger charge is -2.48. The molecule has 0 aromatic heterocycles. The van der Waals surface area contributed by atoms with Gasteiger partial charge >= 0.3 is 0 Å². The van der Waals surface area contributed by atoms with Gasteiger partial charge in [0.2, 0.25) is 0 Å². The summed E-state index contributed by atoms with van der Waals surface area (Å²) in [7, 11) is 0. The second-order valence-electron chi connectivity index (χ2n) is 8.52. The smallest absolute Gasteiger partial charge is 0.0154 e. The van der Waals surface area contributed by atoms with Crippen molar-refractivity contribution >= 4 is 0 Å². The summed E-state index contributed by atoms with van der Waals surface area (Å²) < 4.78 is 0. The van der Waals surface area contributed by atoms with Gasteiger partial charge in [0.25, 0.3) is 0 Å². The predicted molar refractivity (Wildman–Crippen MR) is 96.3 cm³/mol. The van der Waals surface area contributed by atoms with Crippen molar-refractivity contribution in [3.05, 3.63) is 12.2 Å². The molecule has 7 atom stereocenters. The fourth-order valence-corrected chi connectivity index (χ4v) is 5.23. The van der Waals surface area contributed by atoms with Crippen molar-refractivity contribution in [1.29, 1.82) is 0 Å². The average Bonchev–Trinajstić information content (AvgIpc) is 2.39. The molecule has 0 aromatic carbocycles. The Kier molecular flexibility index (Phi) is 7.01. The molecule has 0 radical (unpaired) electrons. The third-order valence-electron chi connectivity index (χ3n) is 6.80. The highest BCUT2D eigenvalue weighted by molar-refractivity contribution is 5.03. The molecule has 0 aromatic rings. The Bertz CT molecular complexity index is 327. The molecule has 1 aliphatic rings. The van der Waals surface area contributed by atoms with Gasteiger partial charge in [0.15, 0.2) is 0 Å². The summed E-state index contributed by atoms with van der Waals surface area (Å²) in [6.07, 6.45) is 4.11. The van der Waals surface area contributed by atoms with Crippen LogP contribution in [-0.4, -0.2) is 0 Å². The maximum Gasteiger partial charge on any atom is -0.0154 e. The first-order valence-electron chi connectivity index (χ1n) is 9.37. The van der Waals surface area contributed by atoms with Gasteiger partial charge in [0, 0.05) is 0 Å². The molecule has 0 saturated heterocycles. The summed E-state index contributed by atoms with van der Waals surface area (Å²) in [4.78, 5) is 0. The third-order valence-corrected chi connectivity index (χ3v) is 6.80. The zero-order valence-corrected chi connectivity index (χ0v) is 15.9. The molecule has 124 valence electrons. The Balaban J connectivity index is 3.06. The van der Waals surface area contributed by atoms with E-state index in [1.165, 1.54) is 24.8 Å². The summed E-state index contributed by atoms with van der Waals surface area (Å²) >= 11 is 0. The molecule has 21 heavy (non-hydrogen) atoms. The first-order valence-corrected chi connectivity index (χ1v) is 9.37. The molecular weight excluding hydrogens is 252 g/mol. The van der Waals surface area contributed by atoms with Crippen LogP contribution in [0, 0.1) is 47.3 Å². The van der Waals surface area contributed by atoms with Gasteiger partial charge in [-0.05, 0) is 67.1 Å². The van der Waals surface area contributed by atoms with Crippen LogP contribution >= 0.6 is 0 Å². The van der Waals surface area contributed by atoms with E-state index in [0.717, 1.165) is 41.4 Å². The van der Waals surface area contributed by atoms with Gasteiger partial charge in [-0.15, -0.1) is 0 Å². The van der Waals surface area contributed by atoms with Gasteiger partial charge in [-0.2, -0.15) is 0 Å². The molecule has 0 heteroatoms. The van der Waals surface area contributed by atoms with E-state index in [-0.39, 0.29) is 0 Å². The Morgan fingerprint density at radius 1 is 1.05 bits per heavy atom. The quantitative estimate of drug-likeness (QED) is 0.471. The average molecular weight is 293 g/mol. The van der Waals surface area contributed by atoms with Crippen molar-refractivity contribution in [3.8, 4) is 0 Å². The van der Waals surface area contributed by atoms with Gasteiger partial charge in [-0.1, -0.05) is 67.0 Å². The van der Waals surface area contributed by atoms with Gasteiger partial charge in [0.1, 0.15) is 0 Å². The fraction of sp³-hybridized carbons (Fsp3) is 0.905. The Morgan fingerprint density at radius 3 is 2.05 bits per heavy atom. The first-order chi connectivity index (χ1) is 9.72. The summed E-state index contributed by atoms with van der Waals surface area (Å²) in [5.74, 6) is 6.60. The van der Waals surface area contributed by atoms with Crippen LogP contribution < -0.4 is 0 Å². The molecule has 0 amide bonds. The standard InChI is InChI=1S/C21H40/c1-10-11-19(21(13(2)3)14(4)5)20-12-15(6)16(7)17(8)18(20)9/h14-21H,2,10-12H2,1,3-9H3. The summed E-state index contributed by atoms with van der Waals surface area (Å²) in [5, 5.41) is 0. The second-order valence-corrected chi connectivity index (χ2v) is 8.52. The van der Waals surface area contributed by atoms with Crippen molar-refractivity contribution in [2.45, 2.75) is 74.7 Å². The highest BCUT2D eigenvalue weighted by Gasteiger charge is 2.42. The van der Waals surface area contributed by atoms with Crippen LogP contribution in [-0.2, 0) is 0 Å². The summed E-state index contributed by atoms with van der Waals surface area (Å²) in [6.45, 7) is 23.7. The maximum atomic E-state index is 4.35. The van der Waals surface area contributed by atoms with E-state index < -0.39 is 0 Å². The first kappa shape index (κ1) is 18.8. The molecule has 0 aliphatic heterocycles. The molecule has 0 N–H and O–H groups in total. The van der Waals surface area contributed by atoms with Gasteiger partial charge in [-0.25, -0.2) is 0 Å². The molecule has 0 spiro atoms. The van der Waals surface area contributed by atoms with Crippen LogP contribution in [0.2, 0.25) is 0 Å². The van der Waals surface area contributed by atoms with Crippen LogP contribution in [0.5, 0.6) is 0 Å². The molecule has 0 heterocycles. The Morgan fingerprint density at radius 2 is 1.62 bits per heavy atom. The largest absolute Gasteiger partial charge is 0.0998 e. The van der Waals surface area contributed by atoms with E-state index in [1.807, 2.05) is 0 Å². The highest BCUT2D eigenvalue weighted by atomic mass is 14.5. The number of allylic oxidation sites excluding steroid dienone is 1. The van der Waals surface area contributed by atoms with Crippen molar-refractivity contribution in [2.75, 3.05) is 0 Å². The minimum Gasteiger partial charge on any atom is -0.0998 e. The fourth-order valence-electron chi connectivity index (χ4n) is 5.23. The molecule has 7 unspecified atom stereocenters. The molecule has 0 bridgehead atoms. The number of hydrogen-bond acceptors (Lipinski definition) is 0. The molecular formula is C21H40. The molecule has 1 aliphatic carbocycles. The lowest BCUT2D eigenvalue weighted by molar-refractivity contribution is 0.0165. The van der Waals surface area contributed by atoms with Crippen molar-refractivity contribution < 1.29 is 0 Å². The van der Waals surface area contributed by atoms with Crippen LogP contribution in [0.15, 0.2) is 12.2 Å². The zero-order valence-electron chi connectivity index (χ0n) is 15.9. The number of hydrogen-bond donors (Lipinski definition) is 0. The minimum absolute atomic E-state index is 0.699. The molecule has 0 nitrogen and oxygen atoms in total. The second kappa shape index (κ2) is 7.84. The van der Waals surface area contributed by atoms with E-state index in [2.05, 4.69) is 62.0 Å². The van der Waals surface area contributed by atoms with E-state index in [0.29, 0.717) is 5.92 Å². The van der Waals surface area contributed by atoms with Crippen molar-refractivity contribution in [2.24, 2.45) is 47.3 Å². The Hall–Kier alpha value is -0.260. The molecule has 1 fully saturated rings. The van der Waals surface area contributed by atoms with E-state index in [4.69, 9.17) is 0 Å². The lowest BCUT2D eigenvalue weighted by Crippen LogP contribution is -2.41. The van der Waals surface area contributed by atoms with Gasteiger partial charge in [-0.3, -0.25) is 0 Å². The SMILES string of the molecule is C=C(C)C(C(C)C)C(CCC)C1CC(C)C(C)C(C)C1C. The Labute approximate surface area is 134 Å². The summed E-state index contributed by atoms with van der Waals surface area (Å²) in [6, 6.07) is 0.